The van der Waals surface area contributed by atoms with Crippen LogP contribution in [0.2, 0.25) is 0 Å². The van der Waals surface area contributed by atoms with Gasteiger partial charge in [-0.2, -0.15) is 0 Å². The molecule has 0 amide bonds. The zero-order valence-corrected chi connectivity index (χ0v) is 27.7. The Morgan fingerprint density at radius 3 is 1.91 bits per heavy atom. The molecule has 2 aromatic carbocycles. The van der Waals surface area contributed by atoms with E-state index in [0.717, 1.165) is 0 Å². The minimum atomic E-state index is -1.89. The van der Waals surface area contributed by atoms with Gasteiger partial charge < -0.3 is 18.9 Å². The van der Waals surface area contributed by atoms with E-state index >= 15 is 0 Å². The highest BCUT2D eigenvalue weighted by Crippen LogP contribution is 2.63. The number of ether oxygens (including phenoxy) is 4. The number of fused-ring (bicyclic) bond motifs is 2. The molecule has 2 fully saturated rings. The average molecular weight is 643 g/mol. The molecule has 0 bridgehead atoms. The van der Waals surface area contributed by atoms with Crippen molar-refractivity contribution in [1.82, 2.24) is 0 Å². The Labute approximate surface area is 275 Å². The molecule has 5 rings (SSSR count). The third-order valence-electron chi connectivity index (χ3n) is 10.1. The zero-order valence-electron chi connectivity index (χ0n) is 27.7. The molecule has 2 aromatic rings. The molecule has 0 spiro atoms. The van der Waals surface area contributed by atoms with Crippen molar-refractivity contribution in [2.45, 2.75) is 78.3 Å². The second-order valence-corrected chi connectivity index (χ2v) is 13.7. The number of Topliss-reactive ketones (excluding diaryl/α,β-unsaturated/α-hetero) is 1. The number of ketones is 1. The molecule has 0 saturated heterocycles. The molecule has 0 aromatic heterocycles. The van der Waals surface area contributed by atoms with Gasteiger partial charge in [-0.25, -0.2) is 9.59 Å². The lowest BCUT2D eigenvalue weighted by atomic mass is 9.76. The van der Waals surface area contributed by atoms with Crippen molar-refractivity contribution >= 4 is 29.7 Å². The van der Waals surface area contributed by atoms with Crippen molar-refractivity contribution in [2.75, 3.05) is 0 Å². The van der Waals surface area contributed by atoms with E-state index in [0.29, 0.717) is 17.6 Å². The van der Waals surface area contributed by atoms with Gasteiger partial charge in [0, 0.05) is 25.8 Å². The summed E-state index contributed by atoms with van der Waals surface area (Å²) in [6.45, 7) is 14.4. The molecule has 8 atom stereocenters. The lowest BCUT2D eigenvalue weighted by molar-refractivity contribution is -0.179. The van der Waals surface area contributed by atoms with Crippen LogP contribution in [-0.2, 0) is 33.3 Å². The van der Waals surface area contributed by atoms with Gasteiger partial charge in [-0.1, -0.05) is 69.8 Å². The Bertz CT molecular complexity index is 1610. The Hall–Kier alpha value is -4.53. The van der Waals surface area contributed by atoms with Crippen molar-refractivity contribution in [3.8, 4) is 0 Å². The van der Waals surface area contributed by atoms with Crippen molar-refractivity contribution in [1.29, 1.82) is 0 Å². The van der Waals surface area contributed by atoms with Crippen LogP contribution in [0.1, 0.15) is 75.1 Å². The summed E-state index contributed by atoms with van der Waals surface area (Å²) < 4.78 is 24.3. The third kappa shape index (κ3) is 6.53. The number of esters is 4. The van der Waals surface area contributed by atoms with Gasteiger partial charge in [0.2, 0.25) is 5.78 Å². The molecule has 9 nitrogen and oxygen atoms in total. The highest BCUT2D eigenvalue weighted by Gasteiger charge is 2.66. The predicted molar refractivity (Wildman–Crippen MR) is 172 cm³/mol. The van der Waals surface area contributed by atoms with E-state index in [2.05, 4.69) is 20.4 Å². The average Bonchev–Trinajstić information content (AvgIpc) is 3.41. The smallest absolute Gasteiger partial charge is 0.338 e. The fourth-order valence-corrected chi connectivity index (χ4v) is 7.64. The number of rotatable bonds is 6. The van der Waals surface area contributed by atoms with Gasteiger partial charge in [-0.3, -0.25) is 14.4 Å². The second-order valence-electron chi connectivity index (χ2n) is 13.7. The first kappa shape index (κ1) is 33.8. The van der Waals surface area contributed by atoms with Crippen LogP contribution < -0.4 is 0 Å². The Morgan fingerprint density at radius 2 is 1.38 bits per heavy atom. The molecule has 0 heterocycles. The van der Waals surface area contributed by atoms with E-state index in [9.17, 15) is 24.0 Å². The Morgan fingerprint density at radius 1 is 0.830 bits per heavy atom. The van der Waals surface area contributed by atoms with Crippen LogP contribution in [0.4, 0.5) is 0 Å². The van der Waals surface area contributed by atoms with Crippen LogP contribution in [0.25, 0.3) is 0 Å². The van der Waals surface area contributed by atoms with Crippen LogP contribution in [0.5, 0.6) is 0 Å². The lowest BCUT2D eigenvalue weighted by Crippen LogP contribution is -2.55. The molecule has 248 valence electrons. The van der Waals surface area contributed by atoms with Crippen LogP contribution >= 0.6 is 0 Å². The first-order valence-corrected chi connectivity index (χ1v) is 16.0. The summed E-state index contributed by atoms with van der Waals surface area (Å²) in [6, 6.07) is 16.9. The summed E-state index contributed by atoms with van der Waals surface area (Å²) in [5, 5.41) is 0. The highest BCUT2D eigenvalue weighted by molar-refractivity contribution is 6.03. The lowest BCUT2D eigenvalue weighted by Gasteiger charge is -2.40. The summed E-state index contributed by atoms with van der Waals surface area (Å²) in [6.07, 6.45) is -1.13. The SMILES string of the molecule is C=C1C(OC(=O)c2ccccc2)CC2C(/C=C(/C)C(=O)C3(OC(C)=O)CC(C)C(OC(=O)c4ccccc4)C3C1OC(C)=O)C2(C)C. The van der Waals surface area contributed by atoms with Gasteiger partial charge in [-0.05, 0) is 66.4 Å². The molecule has 0 aliphatic heterocycles. The highest BCUT2D eigenvalue weighted by atomic mass is 16.6. The number of hydrogen-bond donors (Lipinski definition) is 0. The molecular weight excluding hydrogens is 600 g/mol. The summed E-state index contributed by atoms with van der Waals surface area (Å²) in [5.41, 5.74) is -0.942. The van der Waals surface area contributed by atoms with Gasteiger partial charge in [0.15, 0.2) is 5.60 Å². The minimum absolute atomic E-state index is 0.00893. The first-order valence-electron chi connectivity index (χ1n) is 16.0. The van der Waals surface area contributed by atoms with Crippen LogP contribution in [0, 0.1) is 29.1 Å². The largest absolute Gasteiger partial charge is 0.458 e. The van der Waals surface area contributed by atoms with Crippen LogP contribution in [0.3, 0.4) is 0 Å². The summed E-state index contributed by atoms with van der Waals surface area (Å²) in [5.74, 6) is -4.93. The zero-order chi connectivity index (χ0) is 34.3. The standard InChI is InChI=1S/C38H42O9/c1-21-18-28-29(37(28,6)7)19-30(45-35(42)26-14-10-8-11-15-26)23(3)33(44-24(4)39)31-32(46-36(43)27-16-12-9-13-17-27)22(2)20-38(31,34(21)41)47-25(5)40/h8-18,22,28-33H,3,19-20H2,1-2,4-7H3/b21-18-. The van der Waals surface area contributed by atoms with Gasteiger partial charge in [0.1, 0.15) is 18.3 Å². The molecule has 47 heavy (non-hydrogen) atoms. The van der Waals surface area contributed by atoms with Crippen LogP contribution in [0.15, 0.2) is 84.5 Å². The van der Waals surface area contributed by atoms with Gasteiger partial charge in [0.25, 0.3) is 0 Å². The Kier molecular flexibility index (Phi) is 9.31. The fraction of sp³-hybridized carbons (Fsp3) is 0.447. The molecule has 3 aliphatic rings. The van der Waals surface area contributed by atoms with E-state index in [4.69, 9.17) is 18.9 Å². The van der Waals surface area contributed by atoms with E-state index < -0.39 is 65.4 Å². The quantitative estimate of drug-likeness (QED) is 0.210. The van der Waals surface area contributed by atoms with Gasteiger partial charge in [0.05, 0.1) is 17.0 Å². The number of benzene rings is 2. The number of carbonyl (C=O) groups is 5. The monoisotopic (exact) mass is 642 g/mol. The molecule has 8 unspecified atom stereocenters. The van der Waals surface area contributed by atoms with Crippen molar-refractivity contribution < 1.29 is 42.9 Å². The molecule has 0 N–H and O–H groups in total. The molecule has 0 radical (unpaired) electrons. The predicted octanol–water partition coefficient (Wildman–Crippen LogP) is 6.07. The van der Waals surface area contributed by atoms with E-state index in [-0.39, 0.29) is 34.8 Å². The number of hydrogen-bond acceptors (Lipinski definition) is 9. The fourth-order valence-electron chi connectivity index (χ4n) is 7.64. The number of allylic oxidation sites excluding steroid dienone is 1. The molecule has 3 aliphatic carbocycles. The molecule has 9 heteroatoms. The maximum atomic E-state index is 14.7. The van der Waals surface area contributed by atoms with E-state index in [1.807, 2.05) is 6.08 Å². The second kappa shape index (κ2) is 12.9. The van der Waals surface area contributed by atoms with E-state index in [1.165, 1.54) is 13.8 Å². The molecule has 2 saturated carbocycles. The topological polar surface area (TPSA) is 122 Å². The summed E-state index contributed by atoms with van der Waals surface area (Å²) in [7, 11) is 0. The van der Waals surface area contributed by atoms with Crippen molar-refractivity contribution in [2.24, 2.45) is 29.1 Å². The molecular formula is C38H42O9. The normalized spacial score (nSPS) is 32.3. The number of carbonyl (C=O) groups excluding carboxylic acids is 5. The minimum Gasteiger partial charge on any atom is -0.458 e. The first-order chi connectivity index (χ1) is 22.2. The third-order valence-corrected chi connectivity index (χ3v) is 10.1. The maximum Gasteiger partial charge on any atom is 0.338 e. The van der Waals surface area contributed by atoms with Crippen LogP contribution in [-0.4, -0.2) is 53.6 Å². The Balaban J connectivity index is 1.68. The van der Waals surface area contributed by atoms with Crippen molar-refractivity contribution in [3.63, 3.8) is 0 Å². The summed E-state index contributed by atoms with van der Waals surface area (Å²) >= 11 is 0. The maximum absolute atomic E-state index is 14.7. The van der Waals surface area contributed by atoms with E-state index in [1.54, 1.807) is 74.5 Å². The van der Waals surface area contributed by atoms with Gasteiger partial charge >= 0.3 is 23.9 Å². The van der Waals surface area contributed by atoms with Crippen molar-refractivity contribution in [3.05, 3.63) is 95.6 Å². The summed E-state index contributed by atoms with van der Waals surface area (Å²) in [4.78, 5) is 67.3. The van der Waals surface area contributed by atoms with Gasteiger partial charge in [-0.15, -0.1) is 0 Å².